The van der Waals surface area contributed by atoms with Crippen molar-refractivity contribution in [1.29, 1.82) is 0 Å². The Bertz CT molecular complexity index is 757. The lowest BCUT2D eigenvalue weighted by Crippen LogP contribution is -2.34. The third kappa shape index (κ3) is 8.86. The van der Waals surface area contributed by atoms with Gasteiger partial charge in [-0.25, -0.2) is 19.1 Å². The van der Waals surface area contributed by atoms with Gasteiger partial charge in [0.15, 0.2) is 5.82 Å². The molecule has 0 fully saturated rings. The molecule has 30 heavy (non-hydrogen) atoms. The van der Waals surface area contributed by atoms with E-state index in [2.05, 4.69) is 15.6 Å². The number of carbonyl (C=O) groups is 2. The molecule has 0 radical (unpaired) electrons. The molecule has 0 aromatic carbocycles. The van der Waals surface area contributed by atoms with E-state index in [1.165, 1.54) is 4.57 Å². The second-order valence-corrected chi connectivity index (χ2v) is 8.89. The monoisotopic (exact) mass is 424 g/mol. The summed E-state index contributed by atoms with van der Waals surface area (Å²) in [4.78, 5) is 28.6. The molecular formula is C21H36N4O5. The highest BCUT2D eigenvalue weighted by molar-refractivity contribution is 5.84. The van der Waals surface area contributed by atoms with Crippen LogP contribution in [-0.2, 0) is 14.2 Å². The van der Waals surface area contributed by atoms with Gasteiger partial charge in [-0.1, -0.05) is 0 Å². The number of hydrogen-bond donors (Lipinski definition) is 2. The summed E-state index contributed by atoms with van der Waals surface area (Å²) in [5, 5.41) is 5.69. The van der Waals surface area contributed by atoms with E-state index in [0.717, 1.165) is 11.3 Å². The molecule has 170 valence electrons. The summed E-state index contributed by atoms with van der Waals surface area (Å²) in [6.45, 7) is 15.1. The predicted octanol–water partition coefficient (Wildman–Crippen LogP) is 4.25. The number of nitrogens with one attached hydrogen (secondary N) is 2. The number of ether oxygens (including phenoxy) is 3. The first kappa shape index (κ1) is 25.5. The van der Waals surface area contributed by atoms with Crippen LogP contribution in [-0.4, -0.2) is 60.5 Å². The zero-order valence-electron chi connectivity index (χ0n) is 19.6. The van der Waals surface area contributed by atoms with E-state index < -0.39 is 23.4 Å². The van der Waals surface area contributed by atoms with Gasteiger partial charge in [0.1, 0.15) is 11.2 Å². The van der Waals surface area contributed by atoms with Crippen molar-refractivity contribution in [3.05, 3.63) is 11.8 Å². The summed E-state index contributed by atoms with van der Waals surface area (Å²) < 4.78 is 17.6. The van der Waals surface area contributed by atoms with Crippen LogP contribution in [0.15, 0.2) is 11.2 Å². The first-order valence-corrected chi connectivity index (χ1v) is 9.99. The first-order valence-electron chi connectivity index (χ1n) is 9.99. The molecule has 0 aliphatic carbocycles. The maximum Gasteiger partial charge on any atom is 0.420 e. The molecule has 1 aromatic heterocycles. The Balaban J connectivity index is 2.72. The Morgan fingerprint density at radius 3 is 2.30 bits per heavy atom. The van der Waals surface area contributed by atoms with Crippen LogP contribution in [0.2, 0.25) is 0 Å². The summed E-state index contributed by atoms with van der Waals surface area (Å²) in [6, 6.07) is 0. The number of hydrogen-bond acceptors (Lipinski definition) is 7. The first-order chi connectivity index (χ1) is 13.7. The summed E-state index contributed by atoms with van der Waals surface area (Å²) in [5.74, 6) is 0.437. The molecule has 1 heterocycles. The van der Waals surface area contributed by atoms with Gasteiger partial charge in [0.05, 0.1) is 18.4 Å². The Hall–Kier alpha value is -2.55. The van der Waals surface area contributed by atoms with Crippen LogP contribution in [0.3, 0.4) is 0 Å². The number of carbonyl (C=O) groups excluding carboxylic acids is 2. The summed E-state index contributed by atoms with van der Waals surface area (Å²) in [5.41, 5.74) is 0.437. The van der Waals surface area contributed by atoms with Crippen LogP contribution in [0.4, 0.5) is 21.1 Å². The van der Waals surface area contributed by atoms with Crippen molar-refractivity contribution in [2.45, 2.75) is 72.7 Å². The van der Waals surface area contributed by atoms with Crippen molar-refractivity contribution in [2.75, 3.05) is 25.5 Å². The van der Waals surface area contributed by atoms with Crippen LogP contribution in [0, 0.1) is 6.92 Å². The molecule has 0 unspecified atom stereocenters. The molecule has 9 heteroatoms. The smallest absolute Gasteiger partial charge is 0.420 e. The van der Waals surface area contributed by atoms with E-state index >= 15 is 0 Å². The van der Waals surface area contributed by atoms with Crippen LogP contribution in [0.25, 0.3) is 0 Å². The average Bonchev–Trinajstić information content (AvgIpc) is 2.89. The zero-order valence-corrected chi connectivity index (χ0v) is 19.6. The van der Waals surface area contributed by atoms with E-state index in [4.69, 9.17) is 14.2 Å². The zero-order chi connectivity index (χ0) is 23.1. The molecule has 2 N–H and O–H groups in total. The maximum absolute atomic E-state index is 12.5. The fraction of sp³-hybridized carbons (Fsp3) is 0.667. The fourth-order valence-corrected chi connectivity index (χ4v) is 2.43. The van der Waals surface area contributed by atoms with Crippen LogP contribution >= 0.6 is 0 Å². The van der Waals surface area contributed by atoms with Crippen molar-refractivity contribution in [3.8, 4) is 0 Å². The molecular weight excluding hydrogens is 388 g/mol. The molecule has 0 bridgehead atoms. The van der Waals surface area contributed by atoms with Crippen molar-refractivity contribution in [1.82, 2.24) is 9.88 Å². The highest BCUT2D eigenvalue weighted by atomic mass is 16.6. The van der Waals surface area contributed by atoms with Crippen LogP contribution in [0.5, 0.6) is 0 Å². The molecule has 1 atom stereocenters. The van der Waals surface area contributed by atoms with Crippen molar-refractivity contribution >= 4 is 29.9 Å². The van der Waals surface area contributed by atoms with Gasteiger partial charge in [0.2, 0.25) is 0 Å². The maximum atomic E-state index is 12.5. The molecule has 1 amide bonds. The van der Waals surface area contributed by atoms with Crippen LogP contribution in [0.1, 0.15) is 54.0 Å². The Kier molecular flexibility index (Phi) is 8.90. The van der Waals surface area contributed by atoms with Crippen molar-refractivity contribution in [2.24, 2.45) is 4.99 Å². The minimum atomic E-state index is -0.617. The van der Waals surface area contributed by atoms with Crippen molar-refractivity contribution in [3.63, 3.8) is 0 Å². The van der Waals surface area contributed by atoms with Gasteiger partial charge in [-0.05, 0) is 61.0 Å². The number of aliphatic imine (C=N–C) groups is 1. The molecule has 9 nitrogen and oxygen atoms in total. The van der Waals surface area contributed by atoms with E-state index in [9.17, 15) is 9.59 Å². The third-order valence-electron chi connectivity index (χ3n) is 3.57. The summed E-state index contributed by atoms with van der Waals surface area (Å²) in [6.07, 6.45) is 1.95. The third-order valence-corrected chi connectivity index (χ3v) is 3.57. The topological polar surface area (TPSA) is 103 Å². The molecule has 0 aliphatic rings. The molecule has 0 saturated heterocycles. The van der Waals surface area contributed by atoms with Crippen LogP contribution < -0.4 is 10.6 Å². The van der Waals surface area contributed by atoms with E-state index in [1.54, 1.807) is 40.2 Å². The van der Waals surface area contributed by atoms with Gasteiger partial charge in [0, 0.05) is 26.0 Å². The SMILES string of the molecule is CNc1c(C)cn(C(=O)OC(C)(C)C)c1/N=C\[C@H](C)OCCNC(=O)OC(C)(C)C. The minimum Gasteiger partial charge on any atom is -0.444 e. The lowest BCUT2D eigenvalue weighted by molar-refractivity contribution is 0.0488. The number of aromatic nitrogens is 1. The van der Waals surface area contributed by atoms with E-state index in [1.807, 2.05) is 34.6 Å². The summed E-state index contributed by atoms with van der Waals surface area (Å²) in [7, 11) is 1.77. The molecule has 1 aromatic rings. The van der Waals surface area contributed by atoms with Gasteiger partial charge >= 0.3 is 12.2 Å². The molecule has 1 rings (SSSR count). The largest absolute Gasteiger partial charge is 0.444 e. The Morgan fingerprint density at radius 2 is 1.77 bits per heavy atom. The number of alkyl carbamates (subject to hydrolysis) is 1. The second kappa shape index (κ2) is 10.5. The summed E-state index contributed by atoms with van der Waals surface area (Å²) >= 11 is 0. The number of amides is 1. The van der Waals surface area contributed by atoms with Gasteiger partial charge < -0.3 is 24.8 Å². The standard InChI is InChI=1S/C21H36N4O5/c1-14-13-25(19(27)30-21(6,7)8)17(16(14)22-9)24-12-15(2)28-11-10-23-18(26)29-20(3,4)5/h12-13,15,22H,10-11H2,1-9H3,(H,23,26)/b24-12-/t15-/m0/s1. The number of aryl methyl sites for hydroxylation is 1. The molecule has 0 spiro atoms. The lowest BCUT2D eigenvalue weighted by Gasteiger charge is -2.20. The Morgan fingerprint density at radius 1 is 1.17 bits per heavy atom. The minimum absolute atomic E-state index is 0.289. The number of nitrogens with zero attached hydrogens (tertiary/aromatic N) is 2. The average molecular weight is 425 g/mol. The van der Waals surface area contributed by atoms with E-state index in [0.29, 0.717) is 12.4 Å². The van der Waals surface area contributed by atoms with E-state index in [-0.39, 0.29) is 12.7 Å². The van der Waals surface area contributed by atoms with Crippen molar-refractivity contribution < 1.29 is 23.8 Å². The lowest BCUT2D eigenvalue weighted by atomic mass is 10.2. The Labute approximate surface area is 179 Å². The quantitative estimate of drug-likeness (QED) is 0.501. The normalized spacial score (nSPS) is 13.2. The predicted molar refractivity (Wildman–Crippen MR) is 118 cm³/mol. The molecule has 0 aliphatic heterocycles. The number of anilines is 1. The number of rotatable bonds is 7. The van der Waals surface area contributed by atoms with Gasteiger partial charge in [-0.3, -0.25) is 0 Å². The van der Waals surface area contributed by atoms with Gasteiger partial charge in [-0.2, -0.15) is 0 Å². The second-order valence-electron chi connectivity index (χ2n) is 8.89. The highest BCUT2D eigenvalue weighted by Gasteiger charge is 2.22. The van der Waals surface area contributed by atoms with Gasteiger partial charge in [-0.15, -0.1) is 0 Å². The highest BCUT2D eigenvalue weighted by Crippen LogP contribution is 2.31. The van der Waals surface area contributed by atoms with Gasteiger partial charge in [0.25, 0.3) is 0 Å². The molecule has 0 saturated carbocycles. The fourth-order valence-electron chi connectivity index (χ4n) is 2.43.